The molecule has 0 bridgehead atoms. The summed E-state index contributed by atoms with van der Waals surface area (Å²) in [5.41, 5.74) is 7.82. The van der Waals surface area contributed by atoms with Crippen LogP contribution in [0.2, 0.25) is 0 Å². The van der Waals surface area contributed by atoms with E-state index >= 15 is 0 Å². The summed E-state index contributed by atoms with van der Waals surface area (Å²) >= 11 is 0. The second-order valence-corrected chi connectivity index (χ2v) is 7.51. The maximum absolute atomic E-state index is 12.0. The van der Waals surface area contributed by atoms with Crippen molar-refractivity contribution in [3.63, 3.8) is 0 Å². The summed E-state index contributed by atoms with van der Waals surface area (Å²) in [6, 6.07) is 5.70. The van der Waals surface area contributed by atoms with Crippen LogP contribution in [0, 0.1) is 0 Å². The van der Waals surface area contributed by atoms with Gasteiger partial charge in [0.1, 0.15) is 17.4 Å². The van der Waals surface area contributed by atoms with Gasteiger partial charge in [0.25, 0.3) is 0 Å². The lowest BCUT2D eigenvalue weighted by molar-refractivity contribution is -0.146. The molecule has 0 aliphatic carbocycles. The number of esters is 1. The van der Waals surface area contributed by atoms with Gasteiger partial charge in [-0.25, -0.2) is 19.7 Å². The van der Waals surface area contributed by atoms with E-state index in [4.69, 9.17) is 19.9 Å². The molecule has 3 heterocycles. The summed E-state index contributed by atoms with van der Waals surface area (Å²) < 4.78 is 18.7. The van der Waals surface area contributed by atoms with E-state index in [1.807, 2.05) is 30.5 Å². The number of hydrogen-bond donors (Lipinski definition) is 1. The van der Waals surface area contributed by atoms with Gasteiger partial charge in [-0.3, -0.25) is 0 Å². The number of nitrogen functional groups attached to an aromatic ring is 1. The molecular weight excluding hydrogens is 374 g/mol. The van der Waals surface area contributed by atoms with Crippen LogP contribution in [0.1, 0.15) is 25.8 Å². The number of imidazole rings is 1. The van der Waals surface area contributed by atoms with Crippen LogP contribution < -0.4 is 15.2 Å². The molecule has 1 aliphatic rings. The number of nitrogens with two attached hydrogens (primary N) is 1. The van der Waals surface area contributed by atoms with Crippen molar-refractivity contribution < 1.29 is 19.0 Å². The largest absolute Gasteiger partial charge is 0.483 e. The van der Waals surface area contributed by atoms with E-state index in [2.05, 4.69) is 15.0 Å². The van der Waals surface area contributed by atoms with Gasteiger partial charge >= 0.3 is 5.97 Å². The first kappa shape index (κ1) is 19.0. The lowest BCUT2D eigenvalue weighted by atomic mass is 10.0. The monoisotopic (exact) mass is 397 g/mol. The molecule has 1 aromatic carbocycles. The van der Waals surface area contributed by atoms with Crippen molar-refractivity contribution in [3.8, 4) is 11.5 Å². The average Bonchev–Trinajstić information content (AvgIpc) is 3.23. The number of aryl methyl sites for hydroxylation is 1. The molecule has 3 aromatic rings. The molecule has 0 unspecified atom stereocenters. The van der Waals surface area contributed by atoms with Crippen LogP contribution in [0.4, 0.5) is 5.82 Å². The maximum Gasteiger partial charge on any atom is 0.344 e. The summed E-state index contributed by atoms with van der Waals surface area (Å²) in [7, 11) is 0. The Morgan fingerprint density at radius 1 is 1.31 bits per heavy atom. The van der Waals surface area contributed by atoms with E-state index in [0.29, 0.717) is 41.4 Å². The number of nitrogens with zero attached hydrogens (tertiary/aromatic N) is 4. The number of aromatic nitrogens is 4. The molecule has 2 N–H and O–H groups in total. The molecule has 29 heavy (non-hydrogen) atoms. The fourth-order valence-corrected chi connectivity index (χ4v) is 3.36. The molecule has 1 aliphatic heterocycles. The highest BCUT2D eigenvalue weighted by atomic mass is 16.6. The maximum atomic E-state index is 12.0. The number of carbonyl (C=O) groups is 1. The Balaban J connectivity index is 1.24. The summed E-state index contributed by atoms with van der Waals surface area (Å²) in [5, 5.41) is 0. The van der Waals surface area contributed by atoms with Gasteiger partial charge in [0, 0.05) is 18.5 Å². The normalized spacial score (nSPS) is 14.4. The highest BCUT2D eigenvalue weighted by Gasteiger charge is 2.32. The Morgan fingerprint density at radius 3 is 3.03 bits per heavy atom. The van der Waals surface area contributed by atoms with Crippen molar-refractivity contribution in [3.05, 3.63) is 36.4 Å². The first-order valence-electron chi connectivity index (χ1n) is 9.43. The molecule has 9 nitrogen and oxygen atoms in total. The van der Waals surface area contributed by atoms with Crippen molar-refractivity contribution in [2.75, 3.05) is 18.9 Å². The predicted molar refractivity (Wildman–Crippen MR) is 106 cm³/mol. The quantitative estimate of drug-likeness (QED) is 0.476. The van der Waals surface area contributed by atoms with Crippen molar-refractivity contribution >= 4 is 23.0 Å². The van der Waals surface area contributed by atoms with Crippen LogP contribution in [0.15, 0.2) is 30.9 Å². The van der Waals surface area contributed by atoms with Gasteiger partial charge in [-0.2, -0.15) is 0 Å². The second kappa shape index (κ2) is 7.57. The Kier molecular flexibility index (Phi) is 4.96. The molecule has 4 rings (SSSR count). The Bertz CT molecular complexity index is 1050. The minimum Gasteiger partial charge on any atom is -0.483 e. The number of benzene rings is 1. The Hall–Kier alpha value is -3.36. The topological polar surface area (TPSA) is 114 Å². The van der Waals surface area contributed by atoms with Crippen LogP contribution >= 0.6 is 0 Å². The van der Waals surface area contributed by atoms with Gasteiger partial charge < -0.3 is 24.5 Å². The second-order valence-electron chi connectivity index (χ2n) is 7.51. The predicted octanol–water partition coefficient (Wildman–Crippen LogP) is 2.13. The number of fused-ring (bicyclic) bond motifs is 2. The molecule has 9 heteroatoms. The van der Waals surface area contributed by atoms with Gasteiger partial charge in [-0.05, 0) is 26.3 Å². The van der Waals surface area contributed by atoms with Gasteiger partial charge in [-0.1, -0.05) is 12.1 Å². The van der Waals surface area contributed by atoms with Gasteiger partial charge in [0.15, 0.2) is 29.6 Å². The zero-order chi connectivity index (χ0) is 20.4. The molecule has 0 radical (unpaired) electrons. The third-order valence-corrected chi connectivity index (χ3v) is 4.64. The number of ether oxygens (including phenoxy) is 3. The molecule has 0 saturated heterocycles. The van der Waals surface area contributed by atoms with Crippen LogP contribution in [0.25, 0.3) is 11.2 Å². The number of anilines is 1. The molecule has 2 aromatic heterocycles. The standard InChI is InChI=1S/C20H23N5O4/c1-20(2)9-13-5-3-6-14(17(13)29-20)28-10-15(26)27-8-4-7-25-12-24-16-18(21)22-11-23-19(16)25/h3,5-6,11-12H,4,7-10H2,1-2H3,(H2,21,22,23). The fourth-order valence-electron chi connectivity index (χ4n) is 3.36. The highest BCUT2D eigenvalue weighted by Crippen LogP contribution is 2.41. The van der Waals surface area contributed by atoms with E-state index in [1.165, 1.54) is 6.33 Å². The number of rotatable bonds is 7. The number of hydrogen-bond acceptors (Lipinski definition) is 8. The number of para-hydroxylation sites is 1. The fraction of sp³-hybridized carbons (Fsp3) is 0.400. The smallest absolute Gasteiger partial charge is 0.344 e. The molecule has 0 atom stereocenters. The van der Waals surface area contributed by atoms with Gasteiger partial charge in [0.2, 0.25) is 0 Å². The van der Waals surface area contributed by atoms with E-state index in [0.717, 1.165) is 12.0 Å². The van der Waals surface area contributed by atoms with Crippen molar-refractivity contribution in [2.45, 2.75) is 38.8 Å². The van der Waals surface area contributed by atoms with Gasteiger partial charge in [0.05, 0.1) is 12.9 Å². The molecule has 152 valence electrons. The SMILES string of the molecule is CC1(C)Cc2cccc(OCC(=O)OCCCn3cnc4c(N)ncnc43)c2O1. The number of carbonyl (C=O) groups excluding carboxylic acids is 1. The summed E-state index contributed by atoms with van der Waals surface area (Å²) in [6.45, 7) is 4.73. The van der Waals surface area contributed by atoms with E-state index in [1.54, 1.807) is 12.4 Å². The Morgan fingerprint density at radius 2 is 2.17 bits per heavy atom. The first-order valence-corrected chi connectivity index (χ1v) is 9.43. The van der Waals surface area contributed by atoms with Crippen molar-refractivity contribution in [2.24, 2.45) is 0 Å². The van der Waals surface area contributed by atoms with Crippen LogP contribution in [0.5, 0.6) is 11.5 Å². The van der Waals surface area contributed by atoms with E-state index in [-0.39, 0.29) is 18.8 Å². The first-order chi connectivity index (χ1) is 13.9. The summed E-state index contributed by atoms with van der Waals surface area (Å²) in [5.74, 6) is 1.18. The van der Waals surface area contributed by atoms with Crippen molar-refractivity contribution in [1.82, 2.24) is 19.5 Å². The molecular formula is C20H23N5O4. The Labute approximate surface area is 167 Å². The highest BCUT2D eigenvalue weighted by molar-refractivity contribution is 5.81. The summed E-state index contributed by atoms with van der Waals surface area (Å²) in [6.07, 6.45) is 4.47. The van der Waals surface area contributed by atoms with Crippen molar-refractivity contribution in [1.29, 1.82) is 0 Å². The van der Waals surface area contributed by atoms with Gasteiger partial charge in [-0.15, -0.1) is 0 Å². The molecule has 0 fully saturated rings. The minimum atomic E-state index is -0.429. The average molecular weight is 397 g/mol. The summed E-state index contributed by atoms with van der Waals surface area (Å²) in [4.78, 5) is 24.3. The zero-order valence-electron chi connectivity index (χ0n) is 16.4. The molecule has 0 spiro atoms. The van der Waals surface area contributed by atoms with Crippen LogP contribution in [-0.4, -0.2) is 44.3 Å². The molecule has 0 saturated carbocycles. The third-order valence-electron chi connectivity index (χ3n) is 4.64. The van der Waals surface area contributed by atoms with Crippen LogP contribution in [0.3, 0.4) is 0 Å². The molecule has 0 amide bonds. The lowest BCUT2D eigenvalue weighted by Crippen LogP contribution is -2.25. The third kappa shape index (κ3) is 4.08. The lowest BCUT2D eigenvalue weighted by Gasteiger charge is -2.18. The van der Waals surface area contributed by atoms with Crippen LogP contribution in [-0.2, 0) is 22.5 Å². The van der Waals surface area contributed by atoms with E-state index in [9.17, 15) is 4.79 Å². The minimum absolute atomic E-state index is 0.169. The zero-order valence-corrected chi connectivity index (χ0v) is 16.4. The van der Waals surface area contributed by atoms with E-state index < -0.39 is 5.97 Å².